The summed E-state index contributed by atoms with van der Waals surface area (Å²) in [6, 6.07) is 9.27. The number of carbonyl (C=O) groups is 2. The van der Waals surface area contributed by atoms with Crippen molar-refractivity contribution in [2.75, 3.05) is 32.8 Å². The lowest BCUT2D eigenvalue weighted by atomic mass is 10.3. The quantitative estimate of drug-likeness (QED) is 0.808. The first-order valence-electron chi connectivity index (χ1n) is 6.38. The number of benzene rings is 1. The zero-order chi connectivity index (χ0) is 13.7. The van der Waals surface area contributed by atoms with Crippen LogP contribution in [0.5, 0.6) is 5.75 Å². The highest BCUT2D eigenvalue weighted by Crippen LogP contribution is 2.09. The third-order valence-corrected chi connectivity index (χ3v) is 3.18. The number of hydrogen-bond donors (Lipinski definition) is 0. The fraction of sp³-hybridized carbons (Fsp3) is 0.429. The van der Waals surface area contributed by atoms with Gasteiger partial charge in [0.05, 0.1) is 0 Å². The number of ether oxygens (including phenoxy) is 1. The van der Waals surface area contributed by atoms with Crippen molar-refractivity contribution in [3.8, 4) is 5.75 Å². The molecule has 1 aromatic carbocycles. The second kappa shape index (κ2) is 6.22. The molecule has 5 nitrogen and oxygen atoms in total. The summed E-state index contributed by atoms with van der Waals surface area (Å²) in [5.41, 5.74) is 0. The van der Waals surface area contributed by atoms with Gasteiger partial charge in [-0.3, -0.25) is 9.59 Å². The molecular formula is C14H18N2O3. The van der Waals surface area contributed by atoms with Crippen LogP contribution < -0.4 is 4.74 Å². The molecule has 5 heteroatoms. The standard InChI is InChI=1S/C14H18N2O3/c1-12(17)15-7-9-16(10-8-15)14(18)11-19-13-5-3-2-4-6-13/h2-6H,7-11H2,1H3. The van der Waals surface area contributed by atoms with Crippen molar-refractivity contribution in [1.82, 2.24) is 9.80 Å². The molecule has 1 heterocycles. The molecule has 19 heavy (non-hydrogen) atoms. The molecule has 0 atom stereocenters. The summed E-state index contributed by atoms with van der Waals surface area (Å²) in [6.45, 7) is 3.96. The van der Waals surface area contributed by atoms with E-state index in [1.807, 2.05) is 30.3 Å². The molecule has 0 radical (unpaired) electrons. The van der Waals surface area contributed by atoms with Crippen LogP contribution in [0, 0.1) is 0 Å². The van der Waals surface area contributed by atoms with Crippen LogP contribution in [0.25, 0.3) is 0 Å². The summed E-state index contributed by atoms with van der Waals surface area (Å²) < 4.78 is 5.42. The molecule has 1 saturated heterocycles. The van der Waals surface area contributed by atoms with Crippen LogP contribution in [0.1, 0.15) is 6.92 Å². The zero-order valence-corrected chi connectivity index (χ0v) is 11.0. The van der Waals surface area contributed by atoms with Crippen molar-refractivity contribution in [2.24, 2.45) is 0 Å². The maximum atomic E-state index is 11.9. The number of rotatable bonds is 3. The molecule has 0 saturated carbocycles. The van der Waals surface area contributed by atoms with Crippen LogP contribution >= 0.6 is 0 Å². The van der Waals surface area contributed by atoms with E-state index in [0.717, 1.165) is 0 Å². The van der Waals surface area contributed by atoms with Gasteiger partial charge in [-0.2, -0.15) is 0 Å². The molecule has 0 bridgehead atoms. The minimum absolute atomic E-state index is 0.0351. The highest BCUT2D eigenvalue weighted by Gasteiger charge is 2.22. The highest BCUT2D eigenvalue weighted by molar-refractivity contribution is 5.78. The molecule has 2 rings (SSSR count). The lowest BCUT2D eigenvalue weighted by Gasteiger charge is -2.34. The molecular weight excluding hydrogens is 244 g/mol. The van der Waals surface area contributed by atoms with E-state index in [4.69, 9.17) is 4.74 Å². The largest absolute Gasteiger partial charge is 0.484 e. The molecule has 0 unspecified atom stereocenters. The monoisotopic (exact) mass is 262 g/mol. The highest BCUT2D eigenvalue weighted by atomic mass is 16.5. The summed E-state index contributed by atoms with van der Waals surface area (Å²) in [6.07, 6.45) is 0. The minimum atomic E-state index is -0.0351. The van der Waals surface area contributed by atoms with Gasteiger partial charge in [0.25, 0.3) is 5.91 Å². The van der Waals surface area contributed by atoms with Crippen LogP contribution in [-0.2, 0) is 9.59 Å². The van der Waals surface area contributed by atoms with Gasteiger partial charge in [-0.05, 0) is 12.1 Å². The Morgan fingerprint density at radius 1 is 1.05 bits per heavy atom. The third-order valence-electron chi connectivity index (χ3n) is 3.18. The number of carbonyl (C=O) groups excluding carboxylic acids is 2. The van der Waals surface area contributed by atoms with Crippen LogP contribution in [0.3, 0.4) is 0 Å². The van der Waals surface area contributed by atoms with Crippen molar-refractivity contribution in [3.63, 3.8) is 0 Å². The maximum absolute atomic E-state index is 11.9. The van der Waals surface area contributed by atoms with E-state index in [0.29, 0.717) is 31.9 Å². The molecule has 0 aromatic heterocycles. The smallest absolute Gasteiger partial charge is 0.260 e. The van der Waals surface area contributed by atoms with Gasteiger partial charge in [0.2, 0.25) is 5.91 Å². The molecule has 1 aliphatic heterocycles. The summed E-state index contributed by atoms with van der Waals surface area (Å²) in [7, 11) is 0. The molecule has 102 valence electrons. The van der Waals surface area contributed by atoms with Gasteiger partial charge < -0.3 is 14.5 Å². The van der Waals surface area contributed by atoms with Crippen LogP contribution in [0.15, 0.2) is 30.3 Å². The fourth-order valence-corrected chi connectivity index (χ4v) is 2.02. The van der Waals surface area contributed by atoms with E-state index in [1.165, 1.54) is 0 Å². The van der Waals surface area contributed by atoms with Gasteiger partial charge >= 0.3 is 0 Å². The van der Waals surface area contributed by atoms with Crippen molar-refractivity contribution in [3.05, 3.63) is 30.3 Å². The van der Waals surface area contributed by atoms with E-state index < -0.39 is 0 Å². The summed E-state index contributed by atoms with van der Waals surface area (Å²) in [4.78, 5) is 26.6. The Kier molecular flexibility index (Phi) is 4.39. The second-order valence-corrected chi connectivity index (χ2v) is 4.49. The van der Waals surface area contributed by atoms with Crippen molar-refractivity contribution in [2.45, 2.75) is 6.92 Å². The Balaban J connectivity index is 1.77. The first kappa shape index (κ1) is 13.4. The van der Waals surface area contributed by atoms with Crippen molar-refractivity contribution >= 4 is 11.8 Å². The Labute approximate surface area is 112 Å². The molecule has 1 fully saturated rings. The number of piperazine rings is 1. The number of para-hydroxylation sites is 1. The minimum Gasteiger partial charge on any atom is -0.484 e. The van der Waals surface area contributed by atoms with Gasteiger partial charge in [-0.1, -0.05) is 18.2 Å². The number of amides is 2. The first-order valence-corrected chi connectivity index (χ1v) is 6.38. The fourth-order valence-electron chi connectivity index (χ4n) is 2.02. The Hall–Kier alpha value is -2.04. The SMILES string of the molecule is CC(=O)N1CCN(C(=O)COc2ccccc2)CC1. The molecule has 0 spiro atoms. The average molecular weight is 262 g/mol. The van der Waals surface area contributed by atoms with Gasteiger partial charge in [0, 0.05) is 33.1 Å². The normalized spacial score (nSPS) is 15.2. The molecule has 0 N–H and O–H groups in total. The van der Waals surface area contributed by atoms with E-state index >= 15 is 0 Å². The molecule has 1 aromatic rings. The number of nitrogens with zero attached hydrogens (tertiary/aromatic N) is 2. The van der Waals surface area contributed by atoms with Crippen molar-refractivity contribution in [1.29, 1.82) is 0 Å². The van der Waals surface area contributed by atoms with E-state index in [2.05, 4.69) is 0 Å². The summed E-state index contributed by atoms with van der Waals surface area (Å²) >= 11 is 0. The van der Waals surface area contributed by atoms with Crippen molar-refractivity contribution < 1.29 is 14.3 Å². The van der Waals surface area contributed by atoms with Crippen LogP contribution in [0.2, 0.25) is 0 Å². The van der Waals surface area contributed by atoms with Crippen LogP contribution in [0.4, 0.5) is 0 Å². The molecule has 2 amide bonds. The number of hydrogen-bond acceptors (Lipinski definition) is 3. The van der Waals surface area contributed by atoms with Gasteiger partial charge in [0.15, 0.2) is 6.61 Å². The Morgan fingerprint density at radius 2 is 1.63 bits per heavy atom. The van der Waals surface area contributed by atoms with Gasteiger partial charge in [-0.15, -0.1) is 0 Å². The third kappa shape index (κ3) is 3.71. The summed E-state index contributed by atoms with van der Waals surface area (Å²) in [5, 5.41) is 0. The van der Waals surface area contributed by atoms with Gasteiger partial charge in [-0.25, -0.2) is 0 Å². The van der Waals surface area contributed by atoms with Crippen LogP contribution in [-0.4, -0.2) is 54.4 Å². The summed E-state index contributed by atoms with van der Waals surface area (Å²) in [5.74, 6) is 0.720. The Bertz CT molecular complexity index is 439. The molecule has 1 aliphatic rings. The topological polar surface area (TPSA) is 49.9 Å². The first-order chi connectivity index (χ1) is 9.16. The average Bonchev–Trinajstić information content (AvgIpc) is 2.46. The zero-order valence-electron chi connectivity index (χ0n) is 11.0. The predicted octanol–water partition coefficient (Wildman–Crippen LogP) is 0.756. The van der Waals surface area contributed by atoms with E-state index in [9.17, 15) is 9.59 Å². The lowest BCUT2D eigenvalue weighted by Crippen LogP contribution is -2.51. The Morgan fingerprint density at radius 3 is 2.21 bits per heavy atom. The predicted molar refractivity (Wildman–Crippen MR) is 70.8 cm³/mol. The molecule has 0 aliphatic carbocycles. The van der Waals surface area contributed by atoms with E-state index in [-0.39, 0.29) is 18.4 Å². The lowest BCUT2D eigenvalue weighted by molar-refractivity contribution is -0.139. The second-order valence-electron chi connectivity index (χ2n) is 4.49. The van der Waals surface area contributed by atoms with Gasteiger partial charge in [0.1, 0.15) is 5.75 Å². The van der Waals surface area contributed by atoms with E-state index in [1.54, 1.807) is 16.7 Å². The maximum Gasteiger partial charge on any atom is 0.260 e.